The van der Waals surface area contributed by atoms with Crippen LogP contribution in [0, 0.1) is 0 Å². The molecule has 11 heteroatoms. The zero-order valence-electron chi connectivity index (χ0n) is 22.3. The van der Waals surface area contributed by atoms with Crippen LogP contribution in [-0.2, 0) is 0 Å². The monoisotopic (exact) mass is 478 g/mol. The highest BCUT2D eigenvalue weighted by Crippen LogP contribution is 1.78. The fourth-order valence-electron chi connectivity index (χ4n) is 0.158. The smallest absolute Gasteiger partial charge is 0.0430 e. The van der Waals surface area contributed by atoms with Gasteiger partial charge in [-0.2, -0.15) is 0 Å². The average molecular weight is 479 g/mol. The summed E-state index contributed by atoms with van der Waals surface area (Å²) in [5.41, 5.74) is 0. The summed E-state index contributed by atoms with van der Waals surface area (Å²) in [5, 5.41) is 81.5. The van der Waals surface area contributed by atoms with Crippen molar-refractivity contribution >= 4 is 0 Å². The van der Waals surface area contributed by atoms with Gasteiger partial charge < -0.3 is 56.2 Å². The Kier molecular flexibility index (Phi) is 741. The van der Waals surface area contributed by atoms with Crippen LogP contribution in [0.5, 0.6) is 0 Å². The topological polar surface area (TPSA) is 223 Å². The molecule has 0 heterocycles. The lowest BCUT2D eigenvalue weighted by Gasteiger charge is -1.79. The van der Waals surface area contributed by atoms with Gasteiger partial charge in [0.2, 0.25) is 0 Å². The molecule has 0 spiro atoms. The van der Waals surface area contributed by atoms with Crippen molar-refractivity contribution in [1.82, 2.24) is 0 Å². The lowest BCUT2D eigenvalue weighted by Crippen LogP contribution is -1.75. The van der Waals surface area contributed by atoms with Gasteiger partial charge in [0.25, 0.3) is 0 Å². The molecule has 0 aromatic rings. The van der Waals surface area contributed by atoms with Gasteiger partial charge in [-0.1, -0.05) is 13.3 Å². The van der Waals surface area contributed by atoms with Crippen LogP contribution in [0.25, 0.3) is 0 Å². The molecule has 11 N–H and O–H groups in total. The molecule has 0 atom stereocenters. The zero-order chi connectivity index (χ0) is 28.4. The Balaban J connectivity index is -0.0000000160. The van der Waals surface area contributed by atoms with Gasteiger partial charge in [-0.25, -0.2) is 0 Å². The molecule has 0 fully saturated rings. The highest BCUT2D eigenvalue weighted by molar-refractivity contribution is 4.23. The quantitative estimate of drug-likeness (QED) is 0.236. The summed E-state index contributed by atoms with van der Waals surface area (Å²) in [6, 6.07) is 0. The van der Waals surface area contributed by atoms with Gasteiger partial charge >= 0.3 is 0 Å². The SMILES string of the molecule is CCCCO.CCO.CCO.CCO.CCO.CCO.CCO.CO.CO.CO.CO. The van der Waals surface area contributed by atoms with Crippen molar-refractivity contribution in [3.63, 3.8) is 0 Å². The van der Waals surface area contributed by atoms with Gasteiger partial charge in [0, 0.05) is 74.7 Å². The third-order valence-electron chi connectivity index (χ3n) is 0.512. The highest BCUT2D eigenvalue weighted by atomic mass is 16.3. The van der Waals surface area contributed by atoms with Gasteiger partial charge in [0.05, 0.1) is 0 Å². The number of unbranched alkanes of at least 4 members (excludes halogenated alkanes) is 1. The van der Waals surface area contributed by atoms with Crippen LogP contribution >= 0.6 is 0 Å². The third-order valence-corrected chi connectivity index (χ3v) is 0.512. The van der Waals surface area contributed by atoms with Crippen molar-refractivity contribution in [3.8, 4) is 0 Å². The highest BCUT2D eigenvalue weighted by Gasteiger charge is 1.69. The van der Waals surface area contributed by atoms with Crippen LogP contribution in [0.4, 0.5) is 0 Å². The fourth-order valence-corrected chi connectivity index (χ4v) is 0.158. The summed E-state index contributed by atoms with van der Waals surface area (Å²) in [4.78, 5) is 0. The van der Waals surface area contributed by atoms with Crippen molar-refractivity contribution in [2.45, 2.75) is 61.3 Å². The van der Waals surface area contributed by atoms with Crippen molar-refractivity contribution in [1.29, 1.82) is 0 Å². The van der Waals surface area contributed by atoms with E-state index in [0.717, 1.165) is 41.3 Å². The van der Waals surface area contributed by atoms with E-state index in [-0.39, 0.29) is 39.6 Å². The van der Waals surface area contributed by atoms with Crippen molar-refractivity contribution in [2.75, 3.05) is 74.7 Å². The van der Waals surface area contributed by atoms with Gasteiger partial charge in [-0.05, 0) is 48.0 Å². The fraction of sp³-hybridized carbons (Fsp3) is 1.00. The van der Waals surface area contributed by atoms with E-state index in [9.17, 15) is 0 Å². The Labute approximate surface area is 192 Å². The van der Waals surface area contributed by atoms with E-state index in [2.05, 4.69) is 6.92 Å². The lowest BCUT2D eigenvalue weighted by molar-refractivity contribution is 0.287. The van der Waals surface area contributed by atoms with E-state index in [1.807, 2.05) is 0 Å². The second kappa shape index (κ2) is 329. The van der Waals surface area contributed by atoms with Crippen molar-refractivity contribution in [2.24, 2.45) is 0 Å². The Bertz CT molecular complexity index is 68.6. The van der Waals surface area contributed by atoms with Crippen LogP contribution in [-0.4, -0.2) is 131 Å². The molecule has 0 unspecified atom stereocenters. The van der Waals surface area contributed by atoms with E-state index in [4.69, 9.17) is 56.2 Å². The van der Waals surface area contributed by atoms with Crippen LogP contribution in [0.15, 0.2) is 0 Å². The molecule has 0 saturated heterocycles. The van der Waals surface area contributed by atoms with Crippen LogP contribution < -0.4 is 0 Å². The van der Waals surface area contributed by atoms with E-state index < -0.39 is 0 Å². The maximum absolute atomic E-state index is 8.07. The molecular formula is C20H62O11. The molecule has 0 aromatic heterocycles. The van der Waals surface area contributed by atoms with Crippen LogP contribution in [0.2, 0.25) is 0 Å². The number of rotatable bonds is 2. The number of hydrogen-bond acceptors (Lipinski definition) is 11. The molecule has 0 aliphatic carbocycles. The van der Waals surface area contributed by atoms with E-state index in [1.54, 1.807) is 41.5 Å². The molecule has 208 valence electrons. The number of aliphatic hydroxyl groups excluding tert-OH is 11. The van der Waals surface area contributed by atoms with E-state index >= 15 is 0 Å². The minimum atomic E-state index is 0.250. The van der Waals surface area contributed by atoms with E-state index in [1.165, 1.54) is 0 Å². The Morgan fingerprint density at radius 2 is 0.419 bits per heavy atom. The summed E-state index contributed by atoms with van der Waals surface area (Å²) in [5.74, 6) is 0. The predicted molar refractivity (Wildman–Crippen MR) is 131 cm³/mol. The van der Waals surface area contributed by atoms with Gasteiger partial charge in [-0.15, -0.1) is 0 Å². The molecule has 0 radical (unpaired) electrons. The second-order valence-corrected chi connectivity index (χ2v) is 2.97. The first-order valence-electron chi connectivity index (χ1n) is 9.95. The number of hydrogen-bond donors (Lipinski definition) is 11. The summed E-state index contributed by atoms with van der Waals surface area (Å²) in [6.07, 6.45) is 2.04. The lowest BCUT2D eigenvalue weighted by atomic mass is 10.4. The molecule has 0 amide bonds. The molecule has 0 bridgehead atoms. The summed E-state index contributed by atoms with van der Waals surface area (Å²) in [6.45, 7) is 14.0. The van der Waals surface area contributed by atoms with Crippen LogP contribution in [0.3, 0.4) is 0 Å². The number of aliphatic hydroxyl groups is 11. The normalized spacial score (nSPS) is 5.61. The average Bonchev–Trinajstić information content (AvgIpc) is 2.78. The Morgan fingerprint density at radius 1 is 0.323 bits per heavy atom. The molecular weight excluding hydrogens is 416 g/mol. The summed E-state index contributed by atoms with van der Waals surface area (Å²) >= 11 is 0. The van der Waals surface area contributed by atoms with Crippen molar-refractivity contribution in [3.05, 3.63) is 0 Å². The predicted octanol–water partition coefficient (Wildman–Crippen LogP) is -0.796. The third kappa shape index (κ3) is 9230. The van der Waals surface area contributed by atoms with Crippen LogP contribution in [0.1, 0.15) is 61.3 Å². The minimum absolute atomic E-state index is 0.250. The molecule has 0 rings (SSSR count). The first kappa shape index (κ1) is 69.8. The second-order valence-electron chi connectivity index (χ2n) is 2.97. The first-order chi connectivity index (χ1) is 14.9. The molecule has 11 nitrogen and oxygen atoms in total. The first-order valence-corrected chi connectivity index (χ1v) is 9.95. The van der Waals surface area contributed by atoms with Gasteiger partial charge in [-0.3, -0.25) is 0 Å². The minimum Gasteiger partial charge on any atom is -0.400 e. The molecule has 31 heavy (non-hydrogen) atoms. The van der Waals surface area contributed by atoms with E-state index in [0.29, 0.717) is 6.61 Å². The molecule has 0 aliphatic rings. The van der Waals surface area contributed by atoms with Gasteiger partial charge in [0.15, 0.2) is 0 Å². The van der Waals surface area contributed by atoms with Gasteiger partial charge in [0.1, 0.15) is 0 Å². The largest absolute Gasteiger partial charge is 0.400 e. The molecule has 0 aliphatic heterocycles. The Morgan fingerprint density at radius 3 is 0.419 bits per heavy atom. The maximum Gasteiger partial charge on any atom is 0.0430 e. The standard InChI is InChI=1S/C4H10O.6C2H6O.4CH4O/c1-2-3-4-5;6*1-2-3;4*1-2/h5H,2-4H2,1H3;6*3H,2H2,1H3;4*2H,1H3. The van der Waals surface area contributed by atoms with Crippen molar-refractivity contribution < 1.29 is 56.2 Å². The Hall–Kier alpha value is -0.440. The molecule has 0 aromatic carbocycles. The summed E-state index contributed by atoms with van der Waals surface area (Å²) in [7, 11) is 4.00. The molecule has 0 saturated carbocycles. The zero-order valence-corrected chi connectivity index (χ0v) is 22.3. The maximum atomic E-state index is 8.07. The summed E-state index contributed by atoms with van der Waals surface area (Å²) < 4.78 is 0.